The Hall–Kier alpha value is -3.55. The Kier molecular flexibility index (Phi) is 6.95. The lowest BCUT2D eigenvalue weighted by Gasteiger charge is -2.23. The maximum absolute atomic E-state index is 13.2. The smallest absolute Gasteiger partial charge is 0.385 e. The summed E-state index contributed by atoms with van der Waals surface area (Å²) in [5.74, 6) is -0.798. The molecule has 14 heteroatoms. The van der Waals surface area contributed by atoms with Crippen molar-refractivity contribution in [1.82, 2.24) is 24.9 Å². The highest BCUT2D eigenvalue weighted by molar-refractivity contribution is 5.61. The molecule has 0 aliphatic heterocycles. The van der Waals surface area contributed by atoms with Gasteiger partial charge in [-0.1, -0.05) is 6.07 Å². The summed E-state index contributed by atoms with van der Waals surface area (Å²) in [5, 5.41) is 0. The highest BCUT2D eigenvalue weighted by atomic mass is 19.4. The van der Waals surface area contributed by atoms with Crippen LogP contribution in [0.15, 0.2) is 36.5 Å². The van der Waals surface area contributed by atoms with Crippen LogP contribution in [-0.2, 0) is 17.1 Å². The van der Waals surface area contributed by atoms with Crippen molar-refractivity contribution in [2.24, 2.45) is 0 Å². The maximum Gasteiger partial charge on any atom is 0.433 e. The number of rotatable bonds is 7. The number of hydrogen-bond acceptors (Lipinski definition) is 8. The quantitative estimate of drug-likeness (QED) is 0.404. The molecule has 0 amide bonds. The highest BCUT2D eigenvalue weighted by Gasteiger charge is 2.34. The van der Waals surface area contributed by atoms with Gasteiger partial charge >= 0.3 is 12.4 Å². The minimum atomic E-state index is -4.70. The molecule has 0 spiro atoms. The molecule has 0 aliphatic rings. The highest BCUT2D eigenvalue weighted by Crippen LogP contribution is 2.33. The molecule has 0 saturated carbocycles. The van der Waals surface area contributed by atoms with E-state index in [0.717, 1.165) is 24.4 Å². The lowest BCUT2D eigenvalue weighted by Crippen LogP contribution is -2.24. The maximum atomic E-state index is 13.2. The molecule has 176 valence electrons. The number of nitrogens with two attached hydrogens (primary N) is 1. The molecule has 0 atom stereocenters. The van der Waals surface area contributed by atoms with Gasteiger partial charge in [0.1, 0.15) is 17.1 Å². The van der Waals surface area contributed by atoms with Crippen molar-refractivity contribution in [2.75, 3.05) is 30.9 Å². The molecule has 3 rings (SSSR count). The summed E-state index contributed by atoms with van der Waals surface area (Å²) in [4.78, 5) is 20.1. The van der Waals surface area contributed by atoms with Crippen molar-refractivity contribution < 1.29 is 31.1 Å². The molecule has 0 saturated heterocycles. The summed E-state index contributed by atoms with van der Waals surface area (Å²) in [6.45, 7) is 0.379. The summed E-state index contributed by atoms with van der Waals surface area (Å²) in [7, 11) is 1.46. The predicted molar refractivity (Wildman–Crippen MR) is 105 cm³/mol. The Morgan fingerprint density at radius 2 is 1.67 bits per heavy atom. The second-order valence-corrected chi connectivity index (χ2v) is 6.62. The van der Waals surface area contributed by atoms with Gasteiger partial charge in [-0.25, -0.2) is 4.98 Å². The van der Waals surface area contributed by atoms with Crippen LogP contribution in [0.1, 0.15) is 17.8 Å². The molecule has 3 heterocycles. The van der Waals surface area contributed by atoms with E-state index in [1.54, 1.807) is 0 Å². The fourth-order valence-electron chi connectivity index (χ4n) is 2.79. The number of ether oxygens (including phenoxy) is 1. The molecular formula is C19H17F6N7O. The Bertz CT molecular complexity index is 1110. The predicted octanol–water partition coefficient (Wildman–Crippen LogP) is 4.12. The zero-order chi connectivity index (χ0) is 24.2. The standard InChI is InChI=1S/C19H17F6N7O/c1-33-9-3-8-32(11-6-7-27-14(10-11)19(23,24)25)17-30-15(29-16(26)31-17)12-4-2-5-13(28-12)18(20,21)22/h2,4-7,10H,3,8-9H2,1H3,(H2,26,29,30,31). The van der Waals surface area contributed by atoms with Crippen LogP contribution in [0.25, 0.3) is 11.5 Å². The average molecular weight is 473 g/mol. The normalized spacial score (nSPS) is 12.1. The SMILES string of the molecule is COCCCN(c1ccnc(C(F)(F)F)c1)c1nc(N)nc(-c2cccc(C(F)(F)F)n2)n1. The number of pyridine rings is 2. The van der Waals surface area contributed by atoms with Crippen LogP contribution in [0.2, 0.25) is 0 Å². The molecule has 0 unspecified atom stereocenters. The van der Waals surface area contributed by atoms with Crippen LogP contribution >= 0.6 is 0 Å². The zero-order valence-corrected chi connectivity index (χ0v) is 17.0. The van der Waals surface area contributed by atoms with Crippen LogP contribution in [0.4, 0.5) is 43.9 Å². The van der Waals surface area contributed by atoms with Gasteiger partial charge in [0.2, 0.25) is 11.9 Å². The van der Waals surface area contributed by atoms with E-state index in [9.17, 15) is 26.3 Å². The van der Waals surface area contributed by atoms with Gasteiger partial charge < -0.3 is 15.4 Å². The summed E-state index contributed by atoms with van der Waals surface area (Å²) in [5.41, 5.74) is 3.24. The van der Waals surface area contributed by atoms with Crippen LogP contribution in [0.3, 0.4) is 0 Å². The van der Waals surface area contributed by atoms with Gasteiger partial charge in [0, 0.05) is 32.1 Å². The van der Waals surface area contributed by atoms with E-state index in [0.29, 0.717) is 6.42 Å². The topological polar surface area (TPSA) is 103 Å². The Balaban J connectivity index is 2.08. The molecular weight excluding hydrogens is 456 g/mol. The molecule has 2 N–H and O–H groups in total. The van der Waals surface area contributed by atoms with E-state index in [1.807, 2.05) is 0 Å². The number of anilines is 3. The Labute approximate surface area is 183 Å². The van der Waals surface area contributed by atoms with Gasteiger partial charge in [-0.2, -0.15) is 41.3 Å². The number of hydrogen-bond donors (Lipinski definition) is 1. The third-order valence-electron chi connectivity index (χ3n) is 4.23. The third-order valence-corrected chi connectivity index (χ3v) is 4.23. The van der Waals surface area contributed by atoms with E-state index in [-0.39, 0.29) is 42.3 Å². The van der Waals surface area contributed by atoms with Crippen LogP contribution < -0.4 is 10.6 Å². The first-order valence-corrected chi connectivity index (χ1v) is 9.35. The zero-order valence-electron chi connectivity index (χ0n) is 17.0. The largest absolute Gasteiger partial charge is 0.433 e. The lowest BCUT2D eigenvalue weighted by atomic mass is 10.2. The van der Waals surface area contributed by atoms with Gasteiger partial charge in [-0.05, 0) is 30.7 Å². The Morgan fingerprint density at radius 1 is 0.939 bits per heavy atom. The van der Waals surface area contributed by atoms with Crippen LogP contribution in [0, 0.1) is 0 Å². The summed E-state index contributed by atoms with van der Waals surface area (Å²) >= 11 is 0. The lowest BCUT2D eigenvalue weighted by molar-refractivity contribution is -0.141. The van der Waals surface area contributed by atoms with Crippen LogP contribution in [0.5, 0.6) is 0 Å². The number of methoxy groups -OCH3 is 1. The molecule has 3 aromatic heterocycles. The van der Waals surface area contributed by atoms with Gasteiger partial charge in [0.15, 0.2) is 5.82 Å². The van der Waals surface area contributed by atoms with E-state index in [2.05, 4.69) is 24.9 Å². The summed E-state index contributed by atoms with van der Waals surface area (Å²) in [6, 6.07) is 5.26. The van der Waals surface area contributed by atoms with Crippen molar-refractivity contribution in [2.45, 2.75) is 18.8 Å². The molecule has 0 bridgehead atoms. The first kappa shape index (κ1) is 24.1. The second kappa shape index (κ2) is 9.52. The van der Waals surface area contributed by atoms with Crippen molar-refractivity contribution in [3.63, 3.8) is 0 Å². The monoisotopic (exact) mass is 473 g/mol. The van der Waals surface area contributed by atoms with E-state index < -0.39 is 23.7 Å². The third kappa shape index (κ3) is 6.03. The van der Waals surface area contributed by atoms with Crippen molar-refractivity contribution >= 4 is 17.6 Å². The van der Waals surface area contributed by atoms with Gasteiger partial charge in [-0.3, -0.25) is 4.98 Å². The van der Waals surface area contributed by atoms with Gasteiger partial charge in [0.25, 0.3) is 0 Å². The molecule has 33 heavy (non-hydrogen) atoms. The summed E-state index contributed by atoms with van der Waals surface area (Å²) in [6.07, 6.45) is -8.06. The first-order valence-electron chi connectivity index (χ1n) is 9.35. The molecule has 0 aliphatic carbocycles. The van der Waals surface area contributed by atoms with Gasteiger partial charge in [-0.15, -0.1) is 0 Å². The number of nitrogen functional groups attached to an aromatic ring is 1. The fourth-order valence-corrected chi connectivity index (χ4v) is 2.79. The minimum Gasteiger partial charge on any atom is -0.385 e. The molecule has 0 radical (unpaired) electrons. The minimum absolute atomic E-state index is 0.0435. The van der Waals surface area contributed by atoms with E-state index in [4.69, 9.17) is 10.5 Å². The van der Waals surface area contributed by atoms with Crippen molar-refractivity contribution in [3.05, 3.63) is 47.9 Å². The molecule has 3 aromatic rings. The van der Waals surface area contributed by atoms with Crippen molar-refractivity contribution in [1.29, 1.82) is 0 Å². The number of nitrogens with zero attached hydrogens (tertiary/aromatic N) is 6. The fraction of sp³-hybridized carbons (Fsp3) is 0.316. The van der Waals surface area contributed by atoms with E-state index >= 15 is 0 Å². The second-order valence-electron chi connectivity index (χ2n) is 6.62. The molecule has 0 aromatic carbocycles. The van der Waals surface area contributed by atoms with Gasteiger partial charge in [0.05, 0.1) is 0 Å². The molecule has 0 fully saturated rings. The van der Waals surface area contributed by atoms with E-state index in [1.165, 1.54) is 24.1 Å². The number of aromatic nitrogens is 5. The van der Waals surface area contributed by atoms with Crippen LogP contribution in [-0.4, -0.2) is 45.2 Å². The number of alkyl halides is 6. The molecule has 8 nitrogen and oxygen atoms in total. The Morgan fingerprint density at radius 3 is 2.33 bits per heavy atom. The average Bonchev–Trinajstić information content (AvgIpc) is 2.75. The summed E-state index contributed by atoms with van der Waals surface area (Å²) < 4.78 is 83.6. The van der Waals surface area contributed by atoms with Crippen molar-refractivity contribution in [3.8, 4) is 11.5 Å². The first-order chi connectivity index (χ1) is 15.5. The number of halogens is 6.